The molecule has 0 amide bonds. The quantitative estimate of drug-likeness (QED) is 0.190. The number of fused-ring (bicyclic) bond motifs is 6. The van der Waals surface area contributed by atoms with Gasteiger partial charge in [0.05, 0.1) is 32.5 Å². The lowest BCUT2D eigenvalue weighted by atomic mass is 9.70. The first-order valence-electron chi connectivity index (χ1n) is 14.3. The molecule has 2 saturated heterocycles. The van der Waals surface area contributed by atoms with E-state index >= 15 is 0 Å². The van der Waals surface area contributed by atoms with Crippen molar-refractivity contribution in [1.82, 2.24) is 43.4 Å². The lowest BCUT2D eigenvalue weighted by molar-refractivity contribution is -0.0410. The number of ether oxygens (including phenoxy) is 1. The van der Waals surface area contributed by atoms with Gasteiger partial charge in [-0.05, 0) is 36.0 Å². The molecule has 9 atom stereocenters. The van der Waals surface area contributed by atoms with E-state index in [0.29, 0.717) is 29.0 Å². The van der Waals surface area contributed by atoms with Crippen molar-refractivity contribution in [1.29, 1.82) is 0 Å². The molecule has 0 bridgehead atoms. The van der Waals surface area contributed by atoms with Crippen LogP contribution < -0.4 is 11.3 Å². The number of hydrogen-bond donors (Lipinski definition) is 4. The summed E-state index contributed by atoms with van der Waals surface area (Å²) in [5.74, 6) is -0.224. The van der Waals surface area contributed by atoms with E-state index in [0.717, 1.165) is 0 Å². The highest BCUT2D eigenvalue weighted by Gasteiger charge is 2.49. The summed E-state index contributed by atoms with van der Waals surface area (Å²) in [5, 5.41) is 0. The number of aromatic nitrogens is 9. The number of imidazole rings is 3. The number of anilines is 1. The number of nitrogens with two attached hydrogens (primary N) is 1. The molecule has 22 heteroatoms. The molecule has 0 spiro atoms. The summed E-state index contributed by atoms with van der Waals surface area (Å²) in [7, 11) is 0. The molecule has 0 radical (unpaired) electrons. The van der Waals surface area contributed by atoms with Crippen LogP contribution in [0, 0.1) is 17.8 Å². The van der Waals surface area contributed by atoms with Crippen LogP contribution >= 0.6 is 13.4 Å². The summed E-state index contributed by atoms with van der Waals surface area (Å²) in [4.78, 5) is 58.9. The van der Waals surface area contributed by atoms with E-state index in [1.165, 1.54) is 12.7 Å². The van der Waals surface area contributed by atoms with Gasteiger partial charge in [0.25, 0.3) is 5.56 Å². The van der Waals surface area contributed by atoms with Crippen molar-refractivity contribution < 1.29 is 32.6 Å². The SMILES string of the molecule is C[C@@H]1[C@@H]2OP(O)(=S)OC[C@H]3C[C@@H](n4cnc5c(N)ncnc54)[C@@H]3COP(O)(=S)OC[C@H]2O[C@H]1n1cnc2c(=O)[nH]c3nccn3c21. The summed E-state index contributed by atoms with van der Waals surface area (Å²) in [6, 6.07) is -0.145. The van der Waals surface area contributed by atoms with E-state index in [2.05, 4.69) is 29.9 Å². The van der Waals surface area contributed by atoms with Crippen LogP contribution in [0.25, 0.3) is 28.1 Å². The molecule has 8 rings (SSSR count). The largest absolute Gasteiger partial charge is 0.382 e. The zero-order valence-electron chi connectivity index (χ0n) is 24.0. The van der Waals surface area contributed by atoms with Crippen molar-refractivity contribution in [3.8, 4) is 0 Å². The zero-order valence-corrected chi connectivity index (χ0v) is 27.4. The van der Waals surface area contributed by atoms with E-state index in [-0.39, 0.29) is 49.0 Å². The number of rotatable bonds is 2. The highest BCUT2D eigenvalue weighted by molar-refractivity contribution is 8.07. The normalized spacial score (nSPS) is 35.7. The minimum absolute atomic E-state index is 0.0341. The van der Waals surface area contributed by atoms with E-state index in [1.807, 2.05) is 11.5 Å². The van der Waals surface area contributed by atoms with E-state index < -0.39 is 43.4 Å². The van der Waals surface area contributed by atoms with Crippen LogP contribution in [0.3, 0.4) is 0 Å². The minimum Gasteiger partial charge on any atom is -0.382 e. The molecule has 1 aliphatic carbocycles. The van der Waals surface area contributed by atoms with Crippen LogP contribution in [0.5, 0.6) is 0 Å². The maximum Gasteiger partial charge on any atom is 0.324 e. The molecule has 5 aromatic rings. The van der Waals surface area contributed by atoms with Gasteiger partial charge in [-0.2, -0.15) is 0 Å². The highest BCUT2D eigenvalue weighted by atomic mass is 32.5. The summed E-state index contributed by atoms with van der Waals surface area (Å²) in [5.41, 5.74) is 7.24. The Balaban J connectivity index is 1.07. The Labute approximate surface area is 269 Å². The summed E-state index contributed by atoms with van der Waals surface area (Å²) in [6.45, 7) is -5.86. The Morgan fingerprint density at radius 2 is 1.76 bits per heavy atom. The van der Waals surface area contributed by atoms with Gasteiger partial charge in [0, 0.05) is 30.3 Å². The predicted octanol–water partition coefficient (Wildman–Crippen LogP) is 1.39. The predicted molar refractivity (Wildman–Crippen MR) is 168 cm³/mol. The van der Waals surface area contributed by atoms with Gasteiger partial charge in [-0.25, -0.2) is 24.9 Å². The Hall–Kier alpha value is -2.74. The van der Waals surface area contributed by atoms with Crippen molar-refractivity contribution in [3.63, 3.8) is 0 Å². The maximum absolute atomic E-state index is 12.7. The third kappa shape index (κ3) is 5.12. The Bertz CT molecular complexity index is 2140. The third-order valence-corrected chi connectivity index (χ3v) is 12.1. The fourth-order valence-corrected chi connectivity index (χ4v) is 9.27. The Morgan fingerprint density at radius 1 is 1.00 bits per heavy atom. The van der Waals surface area contributed by atoms with Crippen molar-refractivity contribution in [2.75, 3.05) is 25.6 Å². The molecule has 244 valence electrons. The standard InChI is InChI=1S/C24H28N10O8P2S2/c1-11-18-15(41-23(11)34-10-30-17-21(35)31-24-26-2-3-32(24)22(17)34)7-40-43(36,45)39-6-13-12(5-38-44(37,46)42-18)4-14(13)33-9-29-16-19(25)27-8-28-20(16)33/h2-3,8-15,18,23H,4-7H2,1H3,(H,36,45)(H,37,46)(H2,25,27,28)(H,26,31,35)/t11-,12-,13-,14-,15-,18+,23-,43?,44?/m1/s1. The molecule has 3 fully saturated rings. The highest BCUT2D eigenvalue weighted by Crippen LogP contribution is 2.56. The number of nitrogens with zero attached hydrogens (tertiary/aromatic N) is 8. The molecule has 5 aromatic heterocycles. The van der Waals surface area contributed by atoms with Crippen molar-refractivity contribution >= 4 is 71.0 Å². The topological polar surface area (TPSA) is 224 Å². The molecular weight excluding hydrogens is 682 g/mol. The third-order valence-electron chi connectivity index (χ3n) is 8.93. The van der Waals surface area contributed by atoms with Crippen LogP contribution in [0.4, 0.5) is 5.82 Å². The average Bonchev–Trinajstić information content (AvgIpc) is 3.78. The van der Waals surface area contributed by atoms with Crippen LogP contribution in [-0.2, 0) is 46.4 Å². The molecule has 7 heterocycles. The minimum atomic E-state index is -3.81. The number of H-pyrrole nitrogens is 1. The van der Waals surface area contributed by atoms with E-state index in [1.54, 1.807) is 27.7 Å². The average molecular weight is 711 g/mol. The van der Waals surface area contributed by atoms with Crippen LogP contribution in [0.1, 0.15) is 25.6 Å². The zero-order chi connectivity index (χ0) is 32.0. The number of aromatic amines is 1. The Kier molecular flexibility index (Phi) is 7.43. The molecule has 2 aliphatic heterocycles. The van der Waals surface area contributed by atoms with E-state index in [4.69, 9.17) is 52.2 Å². The smallest absolute Gasteiger partial charge is 0.324 e. The fraction of sp³-hybridized carbons (Fsp3) is 0.500. The molecule has 18 nitrogen and oxygen atoms in total. The maximum atomic E-state index is 12.7. The Morgan fingerprint density at radius 3 is 2.61 bits per heavy atom. The second-order valence-electron chi connectivity index (χ2n) is 11.5. The molecule has 46 heavy (non-hydrogen) atoms. The van der Waals surface area contributed by atoms with Gasteiger partial charge in [0.2, 0.25) is 5.78 Å². The van der Waals surface area contributed by atoms with Gasteiger partial charge in [0.15, 0.2) is 22.6 Å². The molecule has 3 aliphatic rings. The van der Waals surface area contributed by atoms with Crippen LogP contribution in [0.2, 0.25) is 0 Å². The second kappa shape index (κ2) is 11.2. The summed E-state index contributed by atoms with van der Waals surface area (Å²) in [6.07, 6.45) is 5.90. The second-order valence-corrected chi connectivity index (χ2v) is 17.2. The lowest BCUT2D eigenvalue weighted by Gasteiger charge is -2.45. The van der Waals surface area contributed by atoms with Gasteiger partial charge in [-0.15, -0.1) is 0 Å². The molecule has 0 aromatic carbocycles. The van der Waals surface area contributed by atoms with Crippen molar-refractivity contribution in [2.45, 2.75) is 37.8 Å². The first kappa shape index (κ1) is 30.6. The van der Waals surface area contributed by atoms with Crippen molar-refractivity contribution in [3.05, 3.63) is 41.7 Å². The monoisotopic (exact) mass is 710 g/mol. The van der Waals surface area contributed by atoms with Gasteiger partial charge in [0.1, 0.15) is 30.3 Å². The van der Waals surface area contributed by atoms with Crippen molar-refractivity contribution in [2.24, 2.45) is 17.8 Å². The fourth-order valence-electron chi connectivity index (χ4n) is 6.57. The lowest BCUT2D eigenvalue weighted by Crippen LogP contribution is -2.43. The molecule has 2 unspecified atom stereocenters. The number of nitrogens with one attached hydrogen (secondary N) is 1. The van der Waals surface area contributed by atoms with E-state index in [9.17, 15) is 14.6 Å². The summed E-state index contributed by atoms with van der Waals surface area (Å²) >= 11 is 10.9. The summed E-state index contributed by atoms with van der Waals surface area (Å²) < 4.78 is 35.3. The van der Waals surface area contributed by atoms with Crippen LogP contribution in [0.15, 0.2) is 36.2 Å². The van der Waals surface area contributed by atoms with Gasteiger partial charge in [-0.1, -0.05) is 6.92 Å². The first-order chi connectivity index (χ1) is 22.0. The van der Waals surface area contributed by atoms with Gasteiger partial charge in [-0.3, -0.25) is 18.7 Å². The van der Waals surface area contributed by atoms with Gasteiger partial charge >= 0.3 is 13.4 Å². The number of nitrogen functional groups attached to an aromatic ring is 1. The first-order valence-corrected chi connectivity index (χ1v) is 19.5. The van der Waals surface area contributed by atoms with Crippen LogP contribution in [-0.4, -0.2) is 85.3 Å². The van der Waals surface area contributed by atoms with Gasteiger partial charge < -0.3 is 42.9 Å². The molecule has 1 saturated carbocycles. The molecular formula is C24H28N10O8P2S2. The number of hydrogen-bond acceptors (Lipinski definition) is 14. The molecule has 5 N–H and O–H groups in total.